The summed E-state index contributed by atoms with van der Waals surface area (Å²) in [4.78, 5) is 5.14. The van der Waals surface area contributed by atoms with Crippen molar-refractivity contribution in [1.29, 1.82) is 0 Å². The number of nitrogens with zero attached hydrogens (tertiary/aromatic N) is 1. The third-order valence-electron chi connectivity index (χ3n) is 4.79. The van der Waals surface area contributed by atoms with Crippen molar-refractivity contribution in [2.24, 2.45) is 10.9 Å². The van der Waals surface area contributed by atoms with Crippen LogP contribution in [-0.2, 0) is 0 Å². The van der Waals surface area contributed by atoms with E-state index in [1.165, 1.54) is 16.8 Å². The van der Waals surface area contributed by atoms with Crippen molar-refractivity contribution in [3.05, 3.63) is 71.8 Å². The molecule has 0 saturated heterocycles. The lowest BCUT2D eigenvalue weighted by Crippen LogP contribution is -2.23. The predicted octanol–water partition coefficient (Wildman–Crippen LogP) is 5.44. The zero-order valence-electron chi connectivity index (χ0n) is 13.7. The molecule has 0 bridgehead atoms. The zero-order valence-corrected chi connectivity index (χ0v) is 13.7. The summed E-state index contributed by atoms with van der Waals surface area (Å²) in [5.41, 5.74) is 4.18. The summed E-state index contributed by atoms with van der Waals surface area (Å²) in [5, 5.41) is 0. The molecule has 0 amide bonds. The SMILES string of the molecule is CCC1=NC(C(C)C)C(c2ccccc2)C1c1ccccc1. The van der Waals surface area contributed by atoms with Crippen molar-refractivity contribution in [1.82, 2.24) is 0 Å². The van der Waals surface area contributed by atoms with Crippen LogP contribution in [0.3, 0.4) is 0 Å². The standard InChI is InChI=1S/C21H25N/c1-4-18-19(16-11-7-5-8-12-16)20(21(22-18)15(2)3)17-13-9-6-10-14-17/h5-15,19-21H,4H2,1-3H3. The van der Waals surface area contributed by atoms with E-state index >= 15 is 0 Å². The first-order valence-corrected chi connectivity index (χ1v) is 8.38. The summed E-state index contributed by atoms with van der Waals surface area (Å²) >= 11 is 0. The number of hydrogen-bond donors (Lipinski definition) is 0. The van der Waals surface area contributed by atoms with Crippen LogP contribution in [0.15, 0.2) is 65.7 Å². The van der Waals surface area contributed by atoms with E-state index < -0.39 is 0 Å². The van der Waals surface area contributed by atoms with E-state index in [9.17, 15) is 0 Å². The number of rotatable bonds is 4. The topological polar surface area (TPSA) is 12.4 Å². The lowest BCUT2D eigenvalue weighted by molar-refractivity contribution is 0.430. The molecule has 2 aromatic rings. The first-order valence-electron chi connectivity index (χ1n) is 8.38. The van der Waals surface area contributed by atoms with Crippen molar-refractivity contribution in [3.63, 3.8) is 0 Å². The zero-order chi connectivity index (χ0) is 15.5. The Balaban J connectivity index is 2.09. The van der Waals surface area contributed by atoms with Gasteiger partial charge in [0.05, 0.1) is 6.04 Å². The van der Waals surface area contributed by atoms with Gasteiger partial charge in [0.2, 0.25) is 0 Å². The minimum Gasteiger partial charge on any atom is -0.289 e. The molecule has 1 aliphatic rings. The average molecular weight is 291 g/mol. The summed E-state index contributed by atoms with van der Waals surface area (Å²) in [6, 6.07) is 22.2. The predicted molar refractivity (Wildman–Crippen MR) is 94.7 cm³/mol. The smallest absolute Gasteiger partial charge is 0.0600 e. The third-order valence-corrected chi connectivity index (χ3v) is 4.79. The molecule has 0 fully saturated rings. The van der Waals surface area contributed by atoms with Crippen molar-refractivity contribution in [3.8, 4) is 0 Å². The molecular weight excluding hydrogens is 266 g/mol. The fourth-order valence-corrected chi connectivity index (χ4v) is 3.76. The number of hydrogen-bond acceptors (Lipinski definition) is 1. The molecule has 0 radical (unpaired) electrons. The molecule has 2 aromatic carbocycles. The Hall–Kier alpha value is -1.89. The maximum absolute atomic E-state index is 5.14. The Morgan fingerprint density at radius 3 is 1.91 bits per heavy atom. The average Bonchev–Trinajstić information content (AvgIpc) is 2.96. The Morgan fingerprint density at radius 1 is 0.864 bits per heavy atom. The highest BCUT2D eigenvalue weighted by Gasteiger charge is 2.40. The highest BCUT2D eigenvalue weighted by Crippen LogP contribution is 2.45. The largest absolute Gasteiger partial charge is 0.289 e. The van der Waals surface area contributed by atoms with E-state index in [0.29, 0.717) is 23.8 Å². The maximum atomic E-state index is 5.14. The molecule has 0 spiro atoms. The van der Waals surface area contributed by atoms with Crippen molar-refractivity contribution in [2.75, 3.05) is 0 Å². The maximum Gasteiger partial charge on any atom is 0.0600 e. The highest BCUT2D eigenvalue weighted by molar-refractivity contribution is 5.94. The summed E-state index contributed by atoms with van der Waals surface area (Å²) in [6.45, 7) is 6.83. The molecule has 3 atom stereocenters. The van der Waals surface area contributed by atoms with Gasteiger partial charge in [-0.15, -0.1) is 0 Å². The van der Waals surface area contributed by atoms with Gasteiger partial charge in [0.15, 0.2) is 0 Å². The molecule has 114 valence electrons. The van der Waals surface area contributed by atoms with E-state index in [0.717, 1.165) is 6.42 Å². The Morgan fingerprint density at radius 2 is 1.41 bits per heavy atom. The van der Waals surface area contributed by atoms with Gasteiger partial charge in [0.1, 0.15) is 0 Å². The molecule has 0 aromatic heterocycles. The van der Waals surface area contributed by atoms with Crippen molar-refractivity contribution < 1.29 is 0 Å². The molecule has 1 heterocycles. The molecule has 1 nitrogen and oxygen atoms in total. The van der Waals surface area contributed by atoms with Crippen LogP contribution in [0.25, 0.3) is 0 Å². The fourth-order valence-electron chi connectivity index (χ4n) is 3.76. The van der Waals surface area contributed by atoms with Crippen LogP contribution in [0.4, 0.5) is 0 Å². The van der Waals surface area contributed by atoms with Crippen LogP contribution in [0.5, 0.6) is 0 Å². The summed E-state index contributed by atoms with van der Waals surface area (Å²) in [6.07, 6.45) is 1.03. The summed E-state index contributed by atoms with van der Waals surface area (Å²) in [7, 11) is 0. The molecule has 1 aliphatic heterocycles. The highest BCUT2D eigenvalue weighted by atomic mass is 14.9. The summed E-state index contributed by atoms with van der Waals surface area (Å²) < 4.78 is 0. The van der Waals surface area contributed by atoms with Crippen molar-refractivity contribution in [2.45, 2.75) is 45.1 Å². The molecule has 0 saturated carbocycles. The van der Waals surface area contributed by atoms with E-state index in [4.69, 9.17) is 4.99 Å². The second-order valence-electron chi connectivity index (χ2n) is 6.53. The molecule has 3 unspecified atom stereocenters. The van der Waals surface area contributed by atoms with Gasteiger partial charge in [-0.3, -0.25) is 4.99 Å². The minimum atomic E-state index is 0.377. The van der Waals surface area contributed by atoms with Crippen LogP contribution in [0, 0.1) is 5.92 Å². The van der Waals surface area contributed by atoms with Crippen LogP contribution >= 0.6 is 0 Å². The van der Waals surface area contributed by atoms with E-state index in [-0.39, 0.29) is 0 Å². The van der Waals surface area contributed by atoms with E-state index in [2.05, 4.69) is 81.4 Å². The first-order chi connectivity index (χ1) is 10.7. The lowest BCUT2D eigenvalue weighted by Gasteiger charge is -2.28. The molecule has 0 aliphatic carbocycles. The molecule has 0 N–H and O–H groups in total. The molecule has 1 heteroatoms. The second kappa shape index (κ2) is 6.48. The Labute approximate surface area is 134 Å². The van der Waals surface area contributed by atoms with E-state index in [1.54, 1.807) is 0 Å². The van der Waals surface area contributed by atoms with Gasteiger partial charge in [-0.05, 0) is 23.5 Å². The van der Waals surface area contributed by atoms with Crippen LogP contribution in [0.2, 0.25) is 0 Å². The van der Waals surface area contributed by atoms with Gasteiger partial charge in [-0.2, -0.15) is 0 Å². The molecular formula is C21H25N. The minimum absolute atomic E-state index is 0.377. The second-order valence-corrected chi connectivity index (χ2v) is 6.53. The normalized spacial score (nSPS) is 24.5. The van der Waals surface area contributed by atoms with Gasteiger partial charge in [0, 0.05) is 17.5 Å². The Bertz CT molecular complexity index is 627. The number of aliphatic imine (C=N–C) groups is 1. The van der Waals surface area contributed by atoms with Crippen molar-refractivity contribution >= 4 is 5.71 Å². The Kier molecular flexibility index (Phi) is 4.42. The van der Waals surface area contributed by atoms with Gasteiger partial charge < -0.3 is 0 Å². The fraction of sp³-hybridized carbons (Fsp3) is 0.381. The lowest BCUT2D eigenvalue weighted by atomic mass is 9.74. The van der Waals surface area contributed by atoms with Gasteiger partial charge in [0.25, 0.3) is 0 Å². The molecule has 3 rings (SSSR count). The van der Waals surface area contributed by atoms with E-state index in [1.807, 2.05) is 0 Å². The number of benzene rings is 2. The van der Waals surface area contributed by atoms with Crippen LogP contribution in [0.1, 0.15) is 50.2 Å². The first kappa shape index (κ1) is 15.0. The van der Waals surface area contributed by atoms with Gasteiger partial charge in [-0.25, -0.2) is 0 Å². The monoisotopic (exact) mass is 291 g/mol. The third kappa shape index (κ3) is 2.72. The van der Waals surface area contributed by atoms with Gasteiger partial charge >= 0.3 is 0 Å². The van der Waals surface area contributed by atoms with Crippen LogP contribution in [-0.4, -0.2) is 11.8 Å². The van der Waals surface area contributed by atoms with Gasteiger partial charge in [-0.1, -0.05) is 81.4 Å². The quantitative estimate of drug-likeness (QED) is 0.711. The molecule has 22 heavy (non-hydrogen) atoms. The summed E-state index contributed by atoms with van der Waals surface area (Å²) in [5.74, 6) is 1.43. The van der Waals surface area contributed by atoms with Crippen LogP contribution < -0.4 is 0 Å².